The van der Waals surface area contributed by atoms with Crippen LogP contribution in [-0.4, -0.2) is 52.3 Å². The number of hydrogen-bond donors (Lipinski definition) is 1. The number of hydrogen-bond acceptors (Lipinski definition) is 4. The Morgan fingerprint density at radius 3 is 2.41 bits per heavy atom. The maximum atomic E-state index is 11.2. The number of rotatable bonds is 13. The number of unbranched alkanes of at least 4 members (excludes halogenated alkanes) is 2. The first-order valence-corrected chi connectivity index (χ1v) is 10.0. The summed E-state index contributed by atoms with van der Waals surface area (Å²) in [6.07, 6.45) is 5.96. The van der Waals surface area contributed by atoms with Crippen molar-refractivity contribution in [3.8, 4) is 0 Å². The third kappa shape index (κ3) is 6.04. The zero-order chi connectivity index (χ0) is 19.6. The molecule has 0 saturated heterocycles. The first kappa shape index (κ1) is 21.4. The van der Waals surface area contributed by atoms with Crippen LogP contribution in [0.2, 0.25) is 0 Å². The number of carboxylic acids is 1. The molecule has 150 valence electrons. The Hall–Kier alpha value is -1.92. The van der Waals surface area contributed by atoms with Gasteiger partial charge in [0.15, 0.2) is 0 Å². The Bertz CT molecular complexity index is 719. The lowest BCUT2D eigenvalue weighted by Crippen LogP contribution is -2.28. The number of methoxy groups -OCH3 is 1. The molecular weight excluding hydrogens is 342 g/mol. The Morgan fingerprint density at radius 2 is 1.81 bits per heavy atom. The van der Waals surface area contributed by atoms with Gasteiger partial charge in [0.25, 0.3) is 0 Å². The van der Waals surface area contributed by atoms with E-state index in [9.17, 15) is 9.90 Å². The smallest absolute Gasteiger partial charge is 0.335 e. The summed E-state index contributed by atoms with van der Waals surface area (Å²) in [6, 6.07) is 5.15. The summed E-state index contributed by atoms with van der Waals surface area (Å²) >= 11 is 0. The minimum absolute atomic E-state index is 0.265. The van der Waals surface area contributed by atoms with Crippen molar-refractivity contribution in [3.63, 3.8) is 0 Å². The Morgan fingerprint density at radius 1 is 1.15 bits per heavy atom. The fourth-order valence-corrected chi connectivity index (χ4v) is 3.35. The van der Waals surface area contributed by atoms with E-state index in [2.05, 4.69) is 28.3 Å². The molecule has 0 atom stereocenters. The van der Waals surface area contributed by atoms with Crippen molar-refractivity contribution in [3.05, 3.63) is 29.6 Å². The van der Waals surface area contributed by atoms with E-state index in [1.165, 1.54) is 25.7 Å². The molecule has 0 amide bonds. The summed E-state index contributed by atoms with van der Waals surface area (Å²) in [7, 11) is 1.66. The second-order valence-corrected chi connectivity index (χ2v) is 7.02. The fraction of sp³-hybridized carbons (Fsp3) is 0.619. The average Bonchev–Trinajstić information content (AvgIpc) is 3.00. The van der Waals surface area contributed by atoms with Gasteiger partial charge in [0, 0.05) is 13.7 Å². The van der Waals surface area contributed by atoms with Crippen LogP contribution in [0.1, 0.15) is 62.1 Å². The second kappa shape index (κ2) is 11.0. The summed E-state index contributed by atoms with van der Waals surface area (Å²) in [5, 5.41) is 9.20. The zero-order valence-electron chi connectivity index (χ0n) is 16.9. The molecule has 0 bridgehead atoms. The molecule has 0 aliphatic rings. The van der Waals surface area contributed by atoms with Crippen LogP contribution in [0.15, 0.2) is 18.2 Å². The first-order chi connectivity index (χ1) is 13.1. The van der Waals surface area contributed by atoms with Crippen molar-refractivity contribution >= 4 is 17.0 Å². The van der Waals surface area contributed by atoms with Gasteiger partial charge in [0.05, 0.1) is 16.6 Å². The highest BCUT2D eigenvalue weighted by Crippen LogP contribution is 2.19. The molecule has 27 heavy (non-hydrogen) atoms. The largest absolute Gasteiger partial charge is 0.478 e. The van der Waals surface area contributed by atoms with E-state index in [-0.39, 0.29) is 5.56 Å². The van der Waals surface area contributed by atoms with E-state index in [4.69, 9.17) is 4.74 Å². The van der Waals surface area contributed by atoms with Crippen LogP contribution in [0.3, 0.4) is 0 Å². The zero-order valence-corrected chi connectivity index (χ0v) is 16.9. The molecule has 1 aromatic heterocycles. The maximum absolute atomic E-state index is 11.2. The van der Waals surface area contributed by atoms with E-state index in [0.29, 0.717) is 6.61 Å². The van der Waals surface area contributed by atoms with E-state index in [1.807, 2.05) is 6.07 Å². The number of carbonyl (C=O) groups is 1. The van der Waals surface area contributed by atoms with Crippen molar-refractivity contribution in [2.24, 2.45) is 0 Å². The van der Waals surface area contributed by atoms with Gasteiger partial charge in [-0.25, -0.2) is 9.78 Å². The van der Waals surface area contributed by atoms with Crippen LogP contribution in [0.25, 0.3) is 11.0 Å². The van der Waals surface area contributed by atoms with Gasteiger partial charge in [0.2, 0.25) is 0 Å². The second-order valence-electron chi connectivity index (χ2n) is 7.02. The van der Waals surface area contributed by atoms with Gasteiger partial charge in [-0.05, 0) is 57.1 Å². The molecule has 1 heterocycles. The highest BCUT2D eigenvalue weighted by atomic mass is 16.5. The highest BCUT2D eigenvalue weighted by Gasteiger charge is 2.13. The number of benzene rings is 1. The minimum Gasteiger partial charge on any atom is -0.478 e. The lowest BCUT2D eigenvalue weighted by Gasteiger charge is -2.22. The Kier molecular flexibility index (Phi) is 8.75. The van der Waals surface area contributed by atoms with Crippen molar-refractivity contribution in [2.75, 3.05) is 26.7 Å². The van der Waals surface area contributed by atoms with E-state index >= 15 is 0 Å². The highest BCUT2D eigenvalue weighted by molar-refractivity contribution is 5.92. The van der Waals surface area contributed by atoms with E-state index in [1.54, 1.807) is 19.2 Å². The quantitative estimate of drug-likeness (QED) is 0.569. The molecule has 6 nitrogen and oxygen atoms in total. The van der Waals surface area contributed by atoms with Gasteiger partial charge in [0.1, 0.15) is 12.4 Å². The number of aryl methyl sites for hydroxylation is 1. The fourth-order valence-electron chi connectivity index (χ4n) is 3.35. The third-order valence-electron chi connectivity index (χ3n) is 4.86. The lowest BCUT2D eigenvalue weighted by molar-refractivity contribution is 0.0697. The SMILES string of the molecule is CCCCN(CCCC)CCCn1c(COC)nc2cc(C(=O)O)ccc21. The number of fused-ring (bicyclic) bond motifs is 1. The van der Waals surface area contributed by atoms with Gasteiger partial charge in [-0.2, -0.15) is 0 Å². The molecule has 2 rings (SSSR count). The van der Waals surface area contributed by atoms with Gasteiger partial charge in [-0.15, -0.1) is 0 Å². The molecule has 0 aliphatic carbocycles. The first-order valence-electron chi connectivity index (χ1n) is 10.0. The summed E-state index contributed by atoms with van der Waals surface area (Å²) in [6.45, 7) is 9.14. The topological polar surface area (TPSA) is 67.6 Å². The molecule has 6 heteroatoms. The van der Waals surface area contributed by atoms with Crippen molar-refractivity contribution in [2.45, 2.75) is 59.1 Å². The van der Waals surface area contributed by atoms with E-state index in [0.717, 1.165) is 49.5 Å². The van der Waals surface area contributed by atoms with Crippen LogP contribution in [0, 0.1) is 0 Å². The Balaban J connectivity index is 2.11. The lowest BCUT2D eigenvalue weighted by atomic mass is 10.2. The molecule has 0 saturated carbocycles. The van der Waals surface area contributed by atoms with Crippen LogP contribution >= 0.6 is 0 Å². The maximum Gasteiger partial charge on any atom is 0.335 e. The summed E-state index contributed by atoms with van der Waals surface area (Å²) < 4.78 is 7.47. The number of nitrogens with zero attached hydrogens (tertiary/aromatic N) is 3. The van der Waals surface area contributed by atoms with Crippen LogP contribution in [0.5, 0.6) is 0 Å². The molecule has 0 fully saturated rings. The molecular formula is C21H33N3O3. The van der Waals surface area contributed by atoms with Gasteiger partial charge in [-0.3, -0.25) is 0 Å². The Labute approximate surface area is 162 Å². The van der Waals surface area contributed by atoms with Crippen molar-refractivity contribution in [1.82, 2.24) is 14.5 Å². The number of carboxylic acid groups (broad SMARTS) is 1. The van der Waals surface area contributed by atoms with Gasteiger partial charge < -0.3 is 19.3 Å². The van der Waals surface area contributed by atoms with Gasteiger partial charge in [-0.1, -0.05) is 26.7 Å². The summed E-state index contributed by atoms with van der Waals surface area (Å²) in [5.41, 5.74) is 1.96. The molecule has 1 aromatic carbocycles. The van der Waals surface area contributed by atoms with Crippen molar-refractivity contribution in [1.29, 1.82) is 0 Å². The minimum atomic E-state index is -0.928. The number of aromatic nitrogens is 2. The monoisotopic (exact) mass is 375 g/mol. The molecule has 1 N–H and O–H groups in total. The standard InChI is InChI=1S/C21H33N3O3/c1-4-6-11-23(12-7-5-2)13-8-14-24-19-10-9-17(21(25)26)15-18(19)22-20(24)16-27-3/h9-10,15H,4-8,11-14,16H2,1-3H3,(H,25,26). The van der Waals surface area contributed by atoms with E-state index < -0.39 is 5.97 Å². The summed E-state index contributed by atoms with van der Waals surface area (Å²) in [4.78, 5) is 18.4. The van der Waals surface area contributed by atoms with Crippen LogP contribution < -0.4 is 0 Å². The normalized spacial score (nSPS) is 11.6. The number of imidazole rings is 1. The molecule has 0 radical (unpaired) electrons. The molecule has 0 aliphatic heterocycles. The third-order valence-corrected chi connectivity index (χ3v) is 4.86. The molecule has 0 spiro atoms. The predicted molar refractivity (Wildman–Crippen MR) is 108 cm³/mol. The van der Waals surface area contributed by atoms with Gasteiger partial charge >= 0.3 is 5.97 Å². The van der Waals surface area contributed by atoms with Crippen LogP contribution in [0.4, 0.5) is 0 Å². The number of ether oxygens (including phenoxy) is 1. The van der Waals surface area contributed by atoms with Crippen molar-refractivity contribution < 1.29 is 14.6 Å². The molecule has 0 unspecified atom stereocenters. The summed E-state index contributed by atoms with van der Waals surface area (Å²) in [5.74, 6) is -0.0778. The number of aromatic carboxylic acids is 1. The predicted octanol–water partition coefficient (Wildman–Crippen LogP) is 4.17. The van der Waals surface area contributed by atoms with Crippen LogP contribution in [-0.2, 0) is 17.9 Å². The average molecular weight is 376 g/mol. The molecule has 2 aromatic rings.